The molecule has 0 unspecified atom stereocenters. The Balaban J connectivity index is 1.58. The molecule has 0 saturated carbocycles. The molecular weight excluding hydrogens is 298 g/mol. The van der Waals surface area contributed by atoms with Crippen LogP contribution in [0.1, 0.15) is 34.6 Å². The Morgan fingerprint density at radius 3 is 2.91 bits per heavy atom. The van der Waals surface area contributed by atoms with Gasteiger partial charge in [0.1, 0.15) is 16.7 Å². The molecule has 0 aliphatic carbocycles. The quantitative estimate of drug-likeness (QED) is 0.889. The first kappa shape index (κ1) is 15.0. The van der Waals surface area contributed by atoms with E-state index in [0.717, 1.165) is 30.8 Å². The van der Waals surface area contributed by atoms with E-state index < -0.39 is 0 Å². The number of hydrogen-bond acceptors (Lipinski definition) is 5. The summed E-state index contributed by atoms with van der Waals surface area (Å²) >= 11 is 1.34. The molecule has 2 N–H and O–H groups in total. The van der Waals surface area contributed by atoms with Crippen molar-refractivity contribution in [2.75, 3.05) is 13.1 Å². The van der Waals surface area contributed by atoms with Crippen LogP contribution in [0.3, 0.4) is 0 Å². The van der Waals surface area contributed by atoms with E-state index >= 15 is 0 Å². The third kappa shape index (κ3) is 3.64. The van der Waals surface area contributed by atoms with Crippen LogP contribution in [0.4, 0.5) is 0 Å². The van der Waals surface area contributed by atoms with Crippen LogP contribution in [0.2, 0.25) is 0 Å². The summed E-state index contributed by atoms with van der Waals surface area (Å²) in [5, 5.41) is 6.25. The predicted molar refractivity (Wildman–Crippen MR) is 86.3 cm³/mol. The fourth-order valence-electron chi connectivity index (χ4n) is 2.44. The molecule has 2 heterocycles. The van der Waals surface area contributed by atoms with Crippen molar-refractivity contribution in [1.82, 2.24) is 15.6 Å². The first-order chi connectivity index (χ1) is 10.7. The Morgan fingerprint density at radius 2 is 2.27 bits per heavy atom. The average Bonchev–Trinajstić information content (AvgIpc) is 3.21. The summed E-state index contributed by atoms with van der Waals surface area (Å²) in [5.41, 5.74) is 2.71. The van der Waals surface area contributed by atoms with Gasteiger partial charge in [0, 0.05) is 6.54 Å². The third-order valence-corrected chi connectivity index (χ3v) is 4.47. The minimum Gasteiger partial charge on any atom is -0.489 e. The van der Waals surface area contributed by atoms with Gasteiger partial charge >= 0.3 is 0 Å². The Kier molecular flexibility index (Phi) is 4.70. The largest absolute Gasteiger partial charge is 0.489 e. The summed E-state index contributed by atoms with van der Waals surface area (Å²) in [6.45, 7) is 3.89. The van der Waals surface area contributed by atoms with E-state index in [4.69, 9.17) is 4.74 Å². The van der Waals surface area contributed by atoms with Gasteiger partial charge in [0.05, 0.1) is 17.7 Å². The zero-order valence-corrected chi connectivity index (χ0v) is 13.2. The molecule has 0 bridgehead atoms. The van der Waals surface area contributed by atoms with Gasteiger partial charge in [0.15, 0.2) is 0 Å². The molecule has 6 heteroatoms. The molecule has 1 aromatic heterocycles. The molecule has 0 radical (unpaired) electrons. The van der Waals surface area contributed by atoms with Gasteiger partial charge in [-0.05, 0) is 37.6 Å². The fraction of sp³-hybridized carbons (Fsp3) is 0.375. The Bertz CT molecular complexity index is 607. The molecule has 3 rings (SSSR count). The van der Waals surface area contributed by atoms with Crippen molar-refractivity contribution < 1.29 is 9.53 Å². The van der Waals surface area contributed by atoms with Crippen molar-refractivity contribution in [2.24, 2.45) is 0 Å². The third-order valence-electron chi connectivity index (χ3n) is 3.70. The van der Waals surface area contributed by atoms with E-state index in [1.807, 2.05) is 31.2 Å². The number of carbonyl (C=O) groups is 1. The number of rotatable bonds is 5. The molecule has 1 aliphatic heterocycles. The minimum atomic E-state index is -0.0904. The van der Waals surface area contributed by atoms with Crippen molar-refractivity contribution in [2.45, 2.75) is 25.5 Å². The second-order valence-electron chi connectivity index (χ2n) is 5.36. The van der Waals surface area contributed by atoms with Crippen molar-refractivity contribution in [3.63, 3.8) is 0 Å². The highest BCUT2D eigenvalue weighted by atomic mass is 32.1. The van der Waals surface area contributed by atoms with Gasteiger partial charge in [-0.3, -0.25) is 9.78 Å². The number of amides is 1. The fourth-order valence-corrected chi connectivity index (χ4v) is 2.96. The molecule has 116 valence electrons. The topological polar surface area (TPSA) is 63.2 Å². The van der Waals surface area contributed by atoms with Crippen LogP contribution in [-0.2, 0) is 0 Å². The number of nitrogens with one attached hydrogen (secondary N) is 2. The second-order valence-corrected chi connectivity index (χ2v) is 6.25. The molecular formula is C16H19N3O2S. The lowest BCUT2D eigenvalue weighted by Crippen LogP contribution is -2.25. The Hall–Kier alpha value is -1.92. The maximum absolute atomic E-state index is 12.0. The van der Waals surface area contributed by atoms with Crippen LogP contribution in [0.25, 0.3) is 0 Å². The van der Waals surface area contributed by atoms with Gasteiger partial charge in [-0.25, -0.2) is 0 Å². The first-order valence-corrected chi connectivity index (χ1v) is 8.27. The summed E-state index contributed by atoms with van der Waals surface area (Å²) in [4.78, 5) is 16.6. The van der Waals surface area contributed by atoms with E-state index in [9.17, 15) is 4.79 Å². The van der Waals surface area contributed by atoms with Crippen LogP contribution >= 0.6 is 11.3 Å². The van der Waals surface area contributed by atoms with E-state index in [0.29, 0.717) is 4.88 Å². The molecule has 0 spiro atoms. The summed E-state index contributed by atoms with van der Waals surface area (Å²) in [6, 6.07) is 7.85. The molecule has 22 heavy (non-hydrogen) atoms. The van der Waals surface area contributed by atoms with E-state index in [1.165, 1.54) is 11.3 Å². The zero-order valence-electron chi connectivity index (χ0n) is 12.4. The van der Waals surface area contributed by atoms with Gasteiger partial charge < -0.3 is 15.4 Å². The van der Waals surface area contributed by atoms with Gasteiger partial charge in [0.2, 0.25) is 0 Å². The zero-order chi connectivity index (χ0) is 15.4. The number of benzene rings is 1. The van der Waals surface area contributed by atoms with E-state index in [-0.39, 0.29) is 18.1 Å². The molecule has 1 aliphatic rings. The van der Waals surface area contributed by atoms with E-state index in [1.54, 1.807) is 11.7 Å². The number of nitrogens with zero attached hydrogens (tertiary/aromatic N) is 1. The maximum Gasteiger partial charge on any atom is 0.263 e. The summed E-state index contributed by atoms with van der Waals surface area (Å²) in [7, 11) is 0. The molecule has 1 saturated heterocycles. The van der Waals surface area contributed by atoms with Gasteiger partial charge in [0.25, 0.3) is 5.91 Å². The van der Waals surface area contributed by atoms with Gasteiger partial charge in [-0.2, -0.15) is 0 Å². The molecule has 1 fully saturated rings. The normalized spacial score (nSPS) is 18.9. The van der Waals surface area contributed by atoms with Crippen molar-refractivity contribution in [3.8, 4) is 5.75 Å². The van der Waals surface area contributed by atoms with Crippen LogP contribution in [0, 0.1) is 0 Å². The van der Waals surface area contributed by atoms with Crippen LogP contribution in [0.15, 0.2) is 36.0 Å². The van der Waals surface area contributed by atoms with Crippen molar-refractivity contribution in [3.05, 3.63) is 46.4 Å². The lowest BCUT2D eigenvalue weighted by molar-refractivity contribution is 0.0944. The lowest BCUT2D eigenvalue weighted by atomic mass is 10.1. The summed E-state index contributed by atoms with van der Waals surface area (Å²) in [5.74, 6) is 0.783. The van der Waals surface area contributed by atoms with Gasteiger partial charge in [-0.1, -0.05) is 12.1 Å². The SMILES string of the molecule is C[C@H](NC(=O)c1cncs1)c1ccc(O[C@@H]2CCNC2)cc1. The Morgan fingerprint density at radius 1 is 1.45 bits per heavy atom. The standard InChI is InChI=1S/C16H19N3O2S/c1-11(19-16(20)15-9-18-10-22-15)12-2-4-13(5-3-12)21-14-6-7-17-8-14/h2-5,9-11,14,17H,6-8H2,1H3,(H,19,20)/t11-,14+/m0/s1. The smallest absolute Gasteiger partial charge is 0.263 e. The molecule has 1 amide bonds. The molecule has 2 atom stereocenters. The van der Waals surface area contributed by atoms with Crippen LogP contribution in [0.5, 0.6) is 5.75 Å². The number of aromatic nitrogens is 1. The predicted octanol–water partition coefficient (Wildman–Crippen LogP) is 2.37. The van der Waals surface area contributed by atoms with Crippen molar-refractivity contribution in [1.29, 1.82) is 0 Å². The molecule has 2 aromatic rings. The highest BCUT2D eigenvalue weighted by molar-refractivity contribution is 7.11. The first-order valence-electron chi connectivity index (χ1n) is 7.39. The molecule has 5 nitrogen and oxygen atoms in total. The minimum absolute atomic E-state index is 0.0585. The van der Waals surface area contributed by atoms with E-state index in [2.05, 4.69) is 15.6 Å². The highest BCUT2D eigenvalue weighted by Crippen LogP contribution is 2.20. The lowest BCUT2D eigenvalue weighted by Gasteiger charge is -2.16. The molecule has 1 aromatic carbocycles. The second kappa shape index (κ2) is 6.89. The number of carbonyl (C=O) groups excluding carboxylic acids is 1. The Labute approximate surface area is 133 Å². The maximum atomic E-state index is 12.0. The van der Waals surface area contributed by atoms with Gasteiger partial charge in [-0.15, -0.1) is 11.3 Å². The average molecular weight is 317 g/mol. The summed E-state index contributed by atoms with van der Waals surface area (Å²) < 4.78 is 5.89. The number of thiazole rings is 1. The highest BCUT2D eigenvalue weighted by Gasteiger charge is 2.16. The van der Waals surface area contributed by atoms with Crippen molar-refractivity contribution >= 4 is 17.2 Å². The van der Waals surface area contributed by atoms with Crippen LogP contribution < -0.4 is 15.4 Å². The monoisotopic (exact) mass is 317 g/mol. The summed E-state index contributed by atoms with van der Waals surface area (Å²) in [6.07, 6.45) is 2.89. The van der Waals surface area contributed by atoms with Crippen LogP contribution in [-0.4, -0.2) is 30.1 Å². The number of ether oxygens (including phenoxy) is 1. The number of hydrogen-bond donors (Lipinski definition) is 2.